The predicted octanol–water partition coefficient (Wildman–Crippen LogP) is 7.81. The van der Waals surface area contributed by atoms with E-state index in [4.69, 9.17) is 0 Å². The molecule has 0 amide bonds. The molecule has 10 rings (SSSR count). The minimum Gasteiger partial charge on any atom is -0.289 e. The van der Waals surface area contributed by atoms with Gasteiger partial charge >= 0.3 is 0 Å². The summed E-state index contributed by atoms with van der Waals surface area (Å²) in [7, 11) is 0. The first kappa shape index (κ1) is 27.5. The molecule has 4 heterocycles. The third-order valence-electron chi connectivity index (χ3n) is 8.84. The monoisotopic (exact) mass is 618 g/mol. The van der Waals surface area contributed by atoms with Gasteiger partial charge < -0.3 is 0 Å². The lowest BCUT2D eigenvalue weighted by Gasteiger charge is -2.07. The molecular weight excluding hydrogens is 596 g/mol. The second-order valence-corrected chi connectivity index (χ2v) is 11.5. The van der Waals surface area contributed by atoms with E-state index in [1.54, 1.807) is 49.6 Å². The zero-order valence-corrected chi connectivity index (χ0v) is 25.2. The van der Waals surface area contributed by atoms with Gasteiger partial charge in [-0.3, -0.25) is 39.5 Å². The topological polar surface area (TPSA) is 111 Å². The molecule has 8 nitrogen and oxygen atoms in total. The van der Waals surface area contributed by atoms with E-state index in [1.165, 1.54) is 0 Å². The number of pyridine rings is 2. The summed E-state index contributed by atoms with van der Waals surface area (Å²) in [4.78, 5) is 51.3. The van der Waals surface area contributed by atoms with Crippen molar-refractivity contribution in [1.29, 1.82) is 0 Å². The summed E-state index contributed by atoms with van der Waals surface area (Å²) < 4.78 is 0. The molecule has 4 aromatic heterocycles. The average Bonchev–Trinajstić information content (AvgIpc) is 3.61. The Morgan fingerprint density at radius 2 is 0.750 bits per heavy atom. The number of carbonyl (C=O) groups is 2. The van der Waals surface area contributed by atoms with Gasteiger partial charge in [-0.2, -0.15) is 0 Å². The van der Waals surface area contributed by atoms with Gasteiger partial charge in [0, 0.05) is 70.6 Å². The molecule has 0 N–H and O–H groups in total. The predicted molar refractivity (Wildman–Crippen MR) is 183 cm³/mol. The Morgan fingerprint density at radius 3 is 1.21 bits per heavy atom. The van der Waals surface area contributed by atoms with Gasteiger partial charge in [0.25, 0.3) is 0 Å². The van der Waals surface area contributed by atoms with Gasteiger partial charge in [0.05, 0.1) is 23.4 Å². The summed E-state index contributed by atoms with van der Waals surface area (Å²) >= 11 is 0. The largest absolute Gasteiger partial charge is 0.289 e. The highest BCUT2D eigenvalue weighted by molar-refractivity contribution is 6.23. The van der Waals surface area contributed by atoms with Crippen LogP contribution in [-0.4, -0.2) is 41.5 Å². The van der Waals surface area contributed by atoms with Crippen molar-refractivity contribution in [1.82, 2.24) is 29.9 Å². The molecular formula is C40H22N6O2. The lowest BCUT2D eigenvalue weighted by Crippen LogP contribution is -1.96. The smallest absolute Gasteiger partial charge is 0.194 e. The maximum atomic E-state index is 12.7. The van der Waals surface area contributed by atoms with Crippen LogP contribution < -0.4 is 0 Å². The first-order valence-corrected chi connectivity index (χ1v) is 15.3. The van der Waals surface area contributed by atoms with Crippen LogP contribution in [0.1, 0.15) is 31.8 Å². The number of nitrogens with zero attached hydrogens (tertiary/aromatic N) is 6. The van der Waals surface area contributed by atoms with Crippen LogP contribution in [0.25, 0.3) is 66.6 Å². The number of aromatic nitrogens is 6. The Labute approximate surface area is 273 Å². The Kier molecular flexibility index (Phi) is 6.26. The summed E-state index contributed by atoms with van der Waals surface area (Å²) in [5.74, 6) is 0.142. The third kappa shape index (κ3) is 4.31. The fourth-order valence-electron chi connectivity index (χ4n) is 6.60. The van der Waals surface area contributed by atoms with E-state index >= 15 is 0 Å². The molecule has 8 heteroatoms. The lowest BCUT2D eigenvalue weighted by molar-refractivity contribution is 0.103. The number of benzene rings is 4. The molecule has 0 unspecified atom stereocenters. The van der Waals surface area contributed by atoms with Crippen LogP contribution in [0.15, 0.2) is 135 Å². The molecule has 48 heavy (non-hydrogen) atoms. The van der Waals surface area contributed by atoms with Crippen molar-refractivity contribution in [2.24, 2.45) is 0 Å². The minimum atomic E-state index is 0.0710. The normalized spacial score (nSPS) is 12.2. The number of rotatable bonds is 2. The van der Waals surface area contributed by atoms with Crippen molar-refractivity contribution < 1.29 is 9.59 Å². The van der Waals surface area contributed by atoms with Crippen molar-refractivity contribution >= 4 is 33.6 Å². The molecule has 0 saturated carbocycles. The van der Waals surface area contributed by atoms with Gasteiger partial charge in [-0.05, 0) is 45.5 Å². The van der Waals surface area contributed by atoms with Crippen molar-refractivity contribution in [3.8, 4) is 44.5 Å². The van der Waals surface area contributed by atoms with E-state index in [9.17, 15) is 9.59 Å². The first-order valence-electron chi connectivity index (χ1n) is 15.3. The molecule has 0 radical (unpaired) electrons. The minimum absolute atomic E-state index is 0.0710. The quantitative estimate of drug-likeness (QED) is 0.193. The number of fused-ring (bicyclic) bond motifs is 8. The summed E-state index contributed by atoms with van der Waals surface area (Å²) in [6.45, 7) is 0. The molecule has 8 aromatic rings. The molecule has 0 spiro atoms. The molecule has 0 fully saturated rings. The van der Waals surface area contributed by atoms with E-state index in [-0.39, 0.29) is 11.6 Å². The zero-order valence-electron chi connectivity index (χ0n) is 25.2. The van der Waals surface area contributed by atoms with Gasteiger partial charge in [0.1, 0.15) is 11.0 Å². The van der Waals surface area contributed by atoms with Crippen molar-refractivity contribution in [2.75, 3.05) is 0 Å². The summed E-state index contributed by atoms with van der Waals surface area (Å²) in [6.07, 6.45) is 13.6. The Hall–Kier alpha value is -6.80. The number of carbonyl (C=O) groups excluding carboxylic acids is 2. The van der Waals surface area contributed by atoms with Crippen LogP contribution in [0.4, 0.5) is 0 Å². The van der Waals surface area contributed by atoms with E-state index in [0.717, 1.165) is 88.8 Å². The maximum Gasteiger partial charge on any atom is 0.194 e. The zero-order chi connectivity index (χ0) is 32.2. The second-order valence-electron chi connectivity index (χ2n) is 11.5. The summed E-state index contributed by atoms with van der Waals surface area (Å²) in [6, 6.07) is 27.3. The van der Waals surface area contributed by atoms with Crippen LogP contribution >= 0.6 is 0 Å². The van der Waals surface area contributed by atoms with Gasteiger partial charge in [-0.15, -0.1) is 0 Å². The van der Waals surface area contributed by atoms with Crippen molar-refractivity contribution in [2.45, 2.75) is 0 Å². The molecule has 0 saturated heterocycles. The average molecular weight is 619 g/mol. The maximum absolute atomic E-state index is 12.7. The van der Waals surface area contributed by atoms with Crippen LogP contribution in [0.2, 0.25) is 0 Å². The molecule has 0 atom stereocenters. The molecule has 4 aromatic carbocycles. The van der Waals surface area contributed by atoms with E-state index < -0.39 is 0 Å². The van der Waals surface area contributed by atoms with Crippen molar-refractivity contribution in [3.63, 3.8) is 0 Å². The number of hydrogen-bond donors (Lipinski definition) is 0. The Morgan fingerprint density at radius 1 is 0.354 bits per heavy atom. The Bertz CT molecular complexity index is 2440. The molecule has 0 bridgehead atoms. The van der Waals surface area contributed by atoms with E-state index in [1.807, 2.05) is 84.9 Å². The first-order chi connectivity index (χ1) is 23.7. The highest BCUT2D eigenvalue weighted by Crippen LogP contribution is 2.40. The molecule has 224 valence electrons. The molecule has 0 aliphatic heterocycles. The highest BCUT2D eigenvalue weighted by atomic mass is 16.1. The van der Waals surface area contributed by atoms with Crippen LogP contribution in [0, 0.1) is 0 Å². The van der Waals surface area contributed by atoms with E-state index in [0.29, 0.717) is 0 Å². The van der Waals surface area contributed by atoms with Gasteiger partial charge in [0.2, 0.25) is 0 Å². The van der Waals surface area contributed by atoms with Gasteiger partial charge in [-0.25, -0.2) is 0 Å². The van der Waals surface area contributed by atoms with Crippen LogP contribution in [0.3, 0.4) is 0 Å². The highest BCUT2D eigenvalue weighted by Gasteiger charge is 2.28. The fourth-order valence-corrected chi connectivity index (χ4v) is 6.60. The summed E-state index contributed by atoms with van der Waals surface area (Å²) in [5, 5.41) is 0. The van der Waals surface area contributed by atoms with Crippen LogP contribution in [0.5, 0.6) is 0 Å². The lowest BCUT2D eigenvalue weighted by atomic mass is 9.99. The molecule has 2 aliphatic rings. The van der Waals surface area contributed by atoms with Crippen molar-refractivity contribution in [3.05, 3.63) is 157 Å². The Balaban J connectivity index is 0.000000131. The van der Waals surface area contributed by atoms with Crippen LogP contribution in [-0.2, 0) is 0 Å². The van der Waals surface area contributed by atoms with Gasteiger partial charge in [0.15, 0.2) is 11.6 Å². The summed E-state index contributed by atoms with van der Waals surface area (Å²) in [5.41, 5.74) is 13.6. The third-order valence-corrected chi connectivity index (χ3v) is 8.84. The SMILES string of the molecule is O=C1c2ccccc2-c2ccc(-c3cncc4nccnc34)cc21.O=C1c2ccccc2-c2ccc(-c3cncc4nccnc34)cc21. The number of hydrogen-bond acceptors (Lipinski definition) is 8. The van der Waals surface area contributed by atoms with Gasteiger partial charge in [-0.1, -0.05) is 72.8 Å². The van der Waals surface area contributed by atoms with E-state index in [2.05, 4.69) is 29.9 Å². The molecule has 2 aliphatic carbocycles. The fraction of sp³-hybridized carbons (Fsp3) is 0. The second kappa shape index (κ2) is 10.9. The standard InChI is InChI=1S/2C20H11N3O/c2*24-20-15-4-2-1-3-13(15)14-6-5-12(9-16(14)20)17-10-21-11-18-19(17)23-8-7-22-18/h2*1-11H. The number of ketones is 2.